The summed E-state index contributed by atoms with van der Waals surface area (Å²) in [5.74, 6) is 0.0768. The zero-order valence-electron chi connectivity index (χ0n) is 9.69. The van der Waals surface area contributed by atoms with Gasteiger partial charge in [0.15, 0.2) is 0 Å². The molecule has 0 aliphatic rings. The minimum Gasteiger partial charge on any atom is -0.491 e. The number of hydrogen-bond acceptors (Lipinski definition) is 3. The number of nitrogens with two attached hydrogens (primary N) is 1. The van der Waals surface area contributed by atoms with Gasteiger partial charge in [-0.15, -0.1) is 0 Å². The molecule has 1 rings (SSSR count). The molecule has 0 fully saturated rings. The van der Waals surface area contributed by atoms with E-state index in [0.717, 1.165) is 6.54 Å². The molecule has 88 valence electrons. The number of amides is 1. The van der Waals surface area contributed by atoms with Crippen LogP contribution in [-0.2, 0) is 0 Å². The highest BCUT2D eigenvalue weighted by atomic mass is 16.5. The zero-order chi connectivity index (χ0) is 12.0. The highest BCUT2D eigenvalue weighted by Crippen LogP contribution is 2.16. The molecule has 0 saturated carbocycles. The monoisotopic (exact) mass is 222 g/mol. The standard InChI is InChI=1S/C12H18N2O2/c1-9(2)14-7-8-16-11-6-4-3-5-10(11)12(13)15/h3-6,9,14H,7-8H2,1-2H3,(H2,13,15). The zero-order valence-corrected chi connectivity index (χ0v) is 9.69. The van der Waals surface area contributed by atoms with Crippen molar-refractivity contribution in [3.63, 3.8) is 0 Å². The van der Waals surface area contributed by atoms with Crippen molar-refractivity contribution in [1.82, 2.24) is 5.32 Å². The summed E-state index contributed by atoms with van der Waals surface area (Å²) in [7, 11) is 0. The molecular weight excluding hydrogens is 204 g/mol. The molecule has 1 amide bonds. The van der Waals surface area contributed by atoms with Crippen LogP contribution in [0.5, 0.6) is 5.75 Å². The van der Waals surface area contributed by atoms with Gasteiger partial charge in [0.25, 0.3) is 5.91 Å². The molecular formula is C12H18N2O2. The summed E-state index contributed by atoms with van der Waals surface area (Å²) >= 11 is 0. The molecule has 0 unspecified atom stereocenters. The molecule has 0 aliphatic carbocycles. The van der Waals surface area contributed by atoms with Crippen LogP contribution < -0.4 is 15.8 Å². The minimum absolute atomic E-state index is 0.423. The predicted octanol–water partition coefficient (Wildman–Crippen LogP) is 1.16. The summed E-state index contributed by atoms with van der Waals surface area (Å²) in [6.45, 7) is 5.39. The van der Waals surface area contributed by atoms with Crippen molar-refractivity contribution in [3.05, 3.63) is 29.8 Å². The maximum Gasteiger partial charge on any atom is 0.252 e. The van der Waals surface area contributed by atoms with Crippen molar-refractivity contribution >= 4 is 5.91 Å². The Hall–Kier alpha value is -1.55. The van der Waals surface area contributed by atoms with Crippen LogP contribution in [-0.4, -0.2) is 25.1 Å². The summed E-state index contributed by atoms with van der Waals surface area (Å²) in [5, 5.41) is 3.22. The molecule has 1 aromatic rings. The topological polar surface area (TPSA) is 64.3 Å². The molecule has 0 atom stereocenters. The SMILES string of the molecule is CC(C)NCCOc1ccccc1C(N)=O. The van der Waals surface area contributed by atoms with E-state index in [1.165, 1.54) is 0 Å². The van der Waals surface area contributed by atoms with Gasteiger partial charge in [0, 0.05) is 12.6 Å². The van der Waals surface area contributed by atoms with E-state index >= 15 is 0 Å². The molecule has 0 spiro atoms. The van der Waals surface area contributed by atoms with Crippen LogP contribution in [0.1, 0.15) is 24.2 Å². The Morgan fingerprint density at radius 1 is 1.44 bits per heavy atom. The summed E-state index contributed by atoms with van der Waals surface area (Å²) in [4.78, 5) is 11.1. The molecule has 1 aromatic carbocycles. The van der Waals surface area contributed by atoms with Crippen molar-refractivity contribution < 1.29 is 9.53 Å². The second-order valence-electron chi connectivity index (χ2n) is 3.82. The van der Waals surface area contributed by atoms with E-state index < -0.39 is 5.91 Å². The Balaban J connectivity index is 2.50. The van der Waals surface area contributed by atoms with Crippen molar-refractivity contribution in [2.45, 2.75) is 19.9 Å². The number of hydrogen-bond donors (Lipinski definition) is 2. The molecule has 0 aromatic heterocycles. The lowest BCUT2D eigenvalue weighted by atomic mass is 10.2. The maximum atomic E-state index is 11.1. The first-order valence-electron chi connectivity index (χ1n) is 5.36. The lowest BCUT2D eigenvalue weighted by Crippen LogP contribution is -2.27. The predicted molar refractivity (Wildman–Crippen MR) is 63.6 cm³/mol. The van der Waals surface area contributed by atoms with Crippen LogP contribution in [0.4, 0.5) is 0 Å². The van der Waals surface area contributed by atoms with Crippen LogP contribution in [0.2, 0.25) is 0 Å². The fraction of sp³-hybridized carbons (Fsp3) is 0.417. The van der Waals surface area contributed by atoms with E-state index in [1.54, 1.807) is 18.2 Å². The third-order valence-corrected chi connectivity index (χ3v) is 2.06. The Morgan fingerprint density at radius 3 is 2.75 bits per heavy atom. The molecule has 0 bridgehead atoms. The van der Waals surface area contributed by atoms with E-state index in [1.807, 2.05) is 6.07 Å². The van der Waals surface area contributed by atoms with Crippen LogP contribution in [0.15, 0.2) is 24.3 Å². The highest BCUT2D eigenvalue weighted by Gasteiger charge is 2.07. The quantitative estimate of drug-likeness (QED) is 0.710. The summed E-state index contributed by atoms with van der Waals surface area (Å²) in [6.07, 6.45) is 0. The molecule has 0 heterocycles. The third kappa shape index (κ3) is 3.90. The molecule has 0 aliphatic heterocycles. The number of para-hydroxylation sites is 1. The van der Waals surface area contributed by atoms with E-state index in [9.17, 15) is 4.79 Å². The first-order valence-corrected chi connectivity index (χ1v) is 5.36. The number of nitrogens with one attached hydrogen (secondary N) is 1. The van der Waals surface area contributed by atoms with Gasteiger partial charge < -0.3 is 15.8 Å². The number of carbonyl (C=O) groups is 1. The molecule has 0 saturated heterocycles. The van der Waals surface area contributed by atoms with Gasteiger partial charge in [0.1, 0.15) is 12.4 Å². The van der Waals surface area contributed by atoms with Crippen molar-refractivity contribution in [2.24, 2.45) is 5.73 Å². The van der Waals surface area contributed by atoms with E-state index in [0.29, 0.717) is 24.0 Å². The molecule has 16 heavy (non-hydrogen) atoms. The lowest BCUT2D eigenvalue weighted by Gasteiger charge is -2.11. The van der Waals surface area contributed by atoms with Gasteiger partial charge in [-0.2, -0.15) is 0 Å². The van der Waals surface area contributed by atoms with Crippen LogP contribution in [0, 0.1) is 0 Å². The van der Waals surface area contributed by atoms with Crippen molar-refractivity contribution in [1.29, 1.82) is 0 Å². The van der Waals surface area contributed by atoms with Crippen molar-refractivity contribution in [3.8, 4) is 5.75 Å². The Labute approximate surface area is 95.8 Å². The number of rotatable bonds is 6. The van der Waals surface area contributed by atoms with E-state index in [-0.39, 0.29) is 0 Å². The second kappa shape index (κ2) is 6.12. The van der Waals surface area contributed by atoms with Crippen LogP contribution in [0.25, 0.3) is 0 Å². The smallest absolute Gasteiger partial charge is 0.252 e. The van der Waals surface area contributed by atoms with Gasteiger partial charge in [-0.1, -0.05) is 26.0 Å². The third-order valence-electron chi connectivity index (χ3n) is 2.06. The van der Waals surface area contributed by atoms with Gasteiger partial charge in [-0.05, 0) is 12.1 Å². The summed E-state index contributed by atoms with van der Waals surface area (Å²) in [6, 6.07) is 7.41. The Morgan fingerprint density at radius 2 is 2.12 bits per heavy atom. The van der Waals surface area contributed by atoms with Gasteiger partial charge in [0.2, 0.25) is 0 Å². The van der Waals surface area contributed by atoms with Crippen LogP contribution in [0.3, 0.4) is 0 Å². The number of benzene rings is 1. The highest BCUT2D eigenvalue weighted by molar-refractivity contribution is 5.95. The Bertz CT molecular complexity index is 351. The first-order chi connectivity index (χ1) is 7.61. The Kier molecular flexibility index (Phi) is 4.79. The molecule has 4 nitrogen and oxygen atoms in total. The van der Waals surface area contributed by atoms with Crippen LogP contribution >= 0.6 is 0 Å². The first kappa shape index (κ1) is 12.5. The molecule has 0 radical (unpaired) electrons. The fourth-order valence-corrected chi connectivity index (χ4v) is 1.30. The normalized spacial score (nSPS) is 10.4. The van der Waals surface area contributed by atoms with Gasteiger partial charge in [0.05, 0.1) is 5.56 Å². The average Bonchev–Trinajstić information content (AvgIpc) is 2.24. The largest absolute Gasteiger partial charge is 0.491 e. The fourth-order valence-electron chi connectivity index (χ4n) is 1.30. The maximum absolute atomic E-state index is 11.1. The summed E-state index contributed by atoms with van der Waals surface area (Å²) in [5.41, 5.74) is 5.66. The van der Waals surface area contributed by atoms with E-state index in [2.05, 4.69) is 19.2 Å². The number of primary amides is 1. The molecule has 3 N–H and O–H groups in total. The van der Waals surface area contributed by atoms with Gasteiger partial charge in [-0.25, -0.2) is 0 Å². The van der Waals surface area contributed by atoms with Crippen molar-refractivity contribution in [2.75, 3.05) is 13.2 Å². The minimum atomic E-state index is -0.465. The van der Waals surface area contributed by atoms with Gasteiger partial charge >= 0.3 is 0 Å². The van der Waals surface area contributed by atoms with Gasteiger partial charge in [-0.3, -0.25) is 4.79 Å². The number of carbonyl (C=O) groups excluding carboxylic acids is 1. The second-order valence-corrected chi connectivity index (χ2v) is 3.82. The van der Waals surface area contributed by atoms with E-state index in [4.69, 9.17) is 10.5 Å². The average molecular weight is 222 g/mol. The molecule has 4 heteroatoms. The summed E-state index contributed by atoms with van der Waals surface area (Å²) < 4.78 is 5.49. The lowest BCUT2D eigenvalue weighted by molar-refractivity contribution is 0.0996. The number of ether oxygens (including phenoxy) is 1.